The van der Waals surface area contributed by atoms with Gasteiger partial charge in [0, 0.05) is 17.2 Å². The standard InChI is InChI=1S/C22H28N2O3/c1-6-27-19-13-8-7-12-18(19)24-21(26)17-11-9-10-16(14-17)20(25)23-15(2)22(3,4)5/h7-15H,6H2,1-5H3,(H,23,25)(H,24,26). The lowest BCUT2D eigenvalue weighted by molar-refractivity contribution is 0.0910. The number of hydrogen-bond acceptors (Lipinski definition) is 3. The van der Waals surface area contributed by atoms with Crippen molar-refractivity contribution in [2.24, 2.45) is 5.41 Å². The van der Waals surface area contributed by atoms with E-state index in [2.05, 4.69) is 31.4 Å². The van der Waals surface area contributed by atoms with Gasteiger partial charge in [0.05, 0.1) is 12.3 Å². The summed E-state index contributed by atoms with van der Waals surface area (Å²) in [6, 6.07) is 14.0. The lowest BCUT2D eigenvalue weighted by Gasteiger charge is -2.28. The monoisotopic (exact) mass is 368 g/mol. The summed E-state index contributed by atoms with van der Waals surface area (Å²) >= 11 is 0. The highest BCUT2D eigenvalue weighted by Crippen LogP contribution is 2.24. The topological polar surface area (TPSA) is 67.4 Å². The second-order valence-electron chi connectivity index (χ2n) is 7.53. The van der Waals surface area contributed by atoms with Crippen LogP contribution >= 0.6 is 0 Å². The van der Waals surface area contributed by atoms with E-state index in [9.17, 15) is 9.59 Å². The van der Waals surface area contributed by atoms with Crippen LogP contribution in [0.15, 0.2) is 48.5 Å². The summed E-state index contributed by atoms with van der Waals surface area (Å²) in [5.74, 6) is 0.128. The highest BCUT2D eigenvalue weighted by atomic mass is 16.5. The van der Waals surface area contributed by atoms with Gasteiger partial charge in [-0.25, -0.2) is 0 Å². The predicted molar refractivity (Wildman–Crippen MR) is 108 cm³/mol. The average Bonchev–Trinajstić information content (AvgIpc) is 2.62. The molecule has 144 valence electrons. The molecule has 5 heteroatoms. The van der Waals surface area contributed by atoms with Gasteiger partial charge in [0.15, 0.2) is 0 Å². The van der Waals surface area contributed by atoms with Crippen molar-refractivity contribution in [2.75, 3.05) is 11.9 Å². The number of rotatable bonds is 6. The maximum atomic E-state index is 12.6. The van der Waals surface area contributed by atoms with Crippen LogP contribution in [0.1, 0.15) is 55.3 Å². The summed E-state index contributed by atoms with van der Waals surface area (Å²) in [6.45, 7) is 10.6. The Hall–Kier alpha value is -2.82. The molecule has 0 bridgehead atoms. The molecule has 0 saturated heterocycles. The zero-order chi connectivity index (χ0) is 20.0. The molecular formula is C22H28N2O3. The van der Waals surface area contributed by atoms with Crippen molar-refractivity contribution in [3.63, 3.8) is 0 Å². The third kappa shape index (κ3) is 5.58. The van der Waals surface area contributed by atoms with Gasteiger partial charge in [-0.3, -0.25) is 9.59 Å². The van der Waals surface area contributed by atoms with Crippen molar-refractivity contribution in [3.8, 4) is 5.75 Å². The van der Waals surface area contributed by atoms with Gasteiger partial charge in [-0.15, -0.1) is 0 Å². The van der Waals surface area contributed by atoms with Crippen molar-refractivity contribution in [1.29, 1.82) is 0 Å². The summed E-state index contributed by atoms with van der Waals surface area (Å²) in [7, 11) is 0. The van der Waals surface area contributed by atoms with E-state index < -0.39 is 0 Å². The van der Waals surface area contributed by atoms with Crippen LogP contribution < -0.4 is 15.4 Å². The van der Waals surface area contributed by atoms with Crippen LogP contribution in [0, 0.1) is 5.41 Å². The zero-order valence-electron chi connectivity index (χ0n) is 16.6. The number of anilines is 1. The maximum absolute atomic E-state index is 12.6. The molecule has 1 atom stereocenters. The Morgan fingerprint density at radius 2 is 1.63 bits per heavy atom. The van der Waals surface area contributed by atoms with Crippen LogP contribution in [-0.4, -0.2) is 24.5 Å². The molecule has 2 amide bonds. The summed E-state index contributed by atoms with van der Waals surface area (Å²) in [4.78, 5) is 25.1. The molecule has 0 radical (unpaired) electrons. The van der Waals surface area contributed by atoms with Crippen molar-refractivity contribution < 1.29 is 14.3 Å². The normalized spacial score (nSPS) is 12.2. The van der Waals surface area contributed by atoms with Crippen LogP contribution in [0.2, 0.25) is 0 Å². The Morgan fingerprint density at radius 1 is 1.00 bits per heavy atom. The van der Waals surface area contributed by atoms with Gasteiger partial charge in [-0.2, -0.15) is 0 Å². The highest BCUT2D eigenvalue weighted by molar-refractivity contribution is 6.06. The Morgan fingerprint density at radius 3 is 2.26 bits per heavy atom. The van der Waals surface area contributed by atoms with E-state index in [1.807, 2.05) is 26.0 Å². The summed E-state index contributed by atoms with van der Waals surface area (Å²) < 4.78 is 5.53. The number of carbonyl (C=O) groups excluding carboxylic acids is 2. The van der Waals surface area contributed by atoms with Gasteiger partial charge >= 0.3 is 0 Å². The Labute approximate surface area is 161 Å². The van der Waals surface area contributed by atoms with Crippen LogP contribution in [-0.2, 0) is 0 Å². The minimum absolute atomic E-state index is 0.000511. The average molecular weight is 368 g/mol. The molecule has 0 fully saturated rings. The van der Waals surface area contributed by atoms with E-state index in [1.165, 1.54) is 0 Å². The minimum atomic E-state index is -0.291. The number of ether oxygens (including phenoxy) is 1. The van der Waals surface area contributed by atoms with E-state index in [4.69, 9.17) is 4.74 Å². The molecule has 0 aliphatic carbocycles. The van der Waals surface area contributed by atoms with Gasteiger partial charge in [0.2, 0.25) is 0 Å². The minimum Gasteiger partial charge on any atom is -0.492 e. The van der Waals surface area contributed by atoms with Crippen LogP contribution in [0.5, 0.6) is 5.75 Å². The largest absolute Gasteiger partial charge is 0.492 e. The van der Waals surface area contributed by atoms with E-state index in [0.29, 0.717) is 29.2 Å². The molecule has 2 aromatic rings. The Bertz CT molecular complexity index is 809. The van der Waals surface area contributed by atoms with Gasteiger partial charge in [-0.05, 0) is 49.6 Å². The van der Waals surface area contributed by atoms with Gasteiger partial charge in [0.25, 0.3) is 11.8 Å². The van der Waals surface area contributed by atoms with Crippen molar-refractivity contribution in [3.05, 3.63) is 59.7 Å². The summed E-state index contributed by atoms with van der Waals surface area (Å²) in [5.41, 5.74) is 1.42. The number of hydrogen-bond donors (Lipinski definition) is 2. The van der Waals surface area contributed by atoms with E-state index >= 15 is 0 Å². The molecule has 1 unspecified atom stereocenters. The first-order chi connectivity index (χ1) is 12.7. The van der Waals surface area contributed by atoms with Crippen molar-refractivity contribution >= 4 is 17.5 Å². The van der Waals surface area contributed by atoms with Crippen LogP contribution in [0.25, 0.3) is 0 Å². The van der Waals surface area contributed by atoms with Gasteiger partial charge in [-0.1, -0.05) is 39.0 Å². The smallest absolute Gasteiger partial charge is 0.255 e. The lowest BCUT2D eigenvalue weighted by atomic mass is 9.88. The molecule has 0 aliphatic rings. The highest BCUT2D eigenvalue weighted by Gasteiger charge is 2.22. The molecule has 0 aromatic heterocycles. The molecule has 0 saturated carbocycles. The molecule has 0 spiro atoms. The SMILES string of the molecule is CCOc1ccccc1NC(=O)c1cccc(C(=O)NC(C)C(C)(C)C)c1. The van der Waals surface area contributed by atoms with Crippen LogP contribution in [0.3, 0.4) is 0 Å². The maximum Gasteiger partial charge on any atom is 0.255 e. The molecule has 2 rings (SSSR count). The fraction of sp³-hybridized carbons (Fsp3) is 0.364. The quantitative estimate of drug-likeness (QED) is 0.789. The lowest BCUT2D eigenvalue weighted by Crippen LogP contribution is -2.41. The fourth-order valence-electron chi connectivity index (χ4n) is 2.34. The molecule has 5 nitrogen and oxygen atoms in total. The third-order valence-electron chi connectivity index (χ3n) is 4.47. The number of para-hydroxylation sites is 2. The molecule has 0 aliphatic heterocycles. The first-order valence-electron chi connectivity index (χ1n) is 9.16. The molecule has 2 N–H and O–H groups in total. The van der Waals surface area contributed by atoms with Crippen molar-refractivity contribution in [1.82, 2.24) is 5.32 Å². The molecule has 2 aromatic carbocycles. The van der Waals surface area contributed by atoms with E-state index in [-0.39, 0.29) is 23.3 Å². The number of benzene rings is 2. The summed E-state index contributed by atoms with van der Waals surface area (Å²) in [6.07, 6.45) is 0. The van der Waals surface area contributed by atoms with Gasteiger partial charge < -0.3 is 15.4 Å². The first-order valence-corrected chi connectivity index (χ1v) is 9.16. The molecule has 0 heterocycles. The molecule has 27 heavy (non-hydrogen) atoms. The number of amides is 2. The fourth-order valence-corrected chi connectivity index (χ4v) is 2.34. The number of nitrogens with one attached hydrogen (secondary N) is 2. The first kappa shape index (κ1) is 20.5. The van der Waals surface area contributed by atoms with Crippen LogP contribution in [0.4, 0.5) is 5.69 Å². The molecular weight excluding hydrogens is 340 g/mol. The zero-order valence-corrected chi connectivity index (χ0v) is 16.6. The third-order valence-corrected chi connectivity index (χ3v) is 4.47. The summed E-state index contributed by atoms with van der Waals surface area (Å²) in [5, 5.41) is 5.83. The second-order valence-corrected chi connectivity index (χ2v) is 7.53. The van der Waals surface area contributed by atoms with E-state index in [1.54, 1.807) is 36.4 Å². The Balaban J connectivity index is 2.15. The van der Waals surface area contributed by atoms with E-state index in [0.717, 1.165) is 0 Å². The number of carbonyl (C=O) groups is 2. The predicted octanol–water partition coefficient (Wildman–Crippen LogP) is 4.50. The Kier molecular flexibility index (Phi) is 6.61. The van der Waals surface area contributed by atoms with Crippen molar-refractivity contribution in [2.45, 2.75) is 40.7 Å². The van der Waals surface area contributed by atoms with Gasteiger partial charge in [0.1, 0.15) is 5.75 Å². The second kappa shape index (κ2) is 8.71.